The van der Waals surface area contributed by atoms with Gasteiger partial charge in [-0.1, -0.05) is 52.5 Å². The van der Waals surface area contributed by atoms with Crippen molar-refractivity contribution in [2.45, 2.75) is 59.4 Å². The SMILES string of the molecule is C=CCCOC(=O)[C@H]1[C@H]2C(=O)N(CCCCCCO)C(C(=O)N(CC=C)c3ccc(Cl)cc3)C23CC(Br)[C@@H]1S3. The highest BCUT2D eigenvalue weighted by Crippen LogP contribution is 2.68. The summed E-state index contributed by atoms with van der Waals surface area (Å²) in [4.78, 5) is 45.3. The normalized spacial score (nSPS) is 28.8. The van der Waals surface area contributed by atoms with Gasteiger partial charge in [0.25, 0.3) is 5.91 Å². The molecule has 2 amide bonds. The molecule has 4 rings (SSSR count). The Kier molecular flexibility index (Phi) is 10.2. The second kappa shape index (κ2) is 13.2. The van der Waals surface area contributed by atoms with Crippen LogP contribution in [0.3, 0.4) is 0 Å². The van der Waals surface area contributed by atoms with Crippen molar-refractivity contribution in [1.82, 2.24) is 4.90 Å². The van der Waals surface area contributed by atoms with Crippen LogP contribution in [0.1, 0.15) is 38.5 Å². The molecule has 0 saturated carbocycles. The Morgan fingerprint density at radius 2 is 1.92 bits per heavy atom. The van der Waals surface area contributed by atoms with Gasteiger partial charge in [0, 0.05) is 40.5 Å². The van der Waals surface area contributed by atoms with Crippen LogP contribution in [0, 0.1) is 11.8 Å². The molecule has 10 heteroatoms. The number of ether oxygens (including phenoxy) is 1. The molecule has 39 heavy (non-hydrogen) atoms. The second-order valence-electron chi connectivity index (χ2n) is 10.3. The number of nitrogens with zero attached hydrogens (tertiary/aromatic N) is 2. The summed E-state index contributed by atoms with van der Waals surface area (Å²) in [7, 11) is 0. The molecule has 1 spiro atoms. The highest BCUT2D eigenvalue weighted by Gasteiger charge is 2.76. The molecule has 1 N–H and O–H groups in total. The van der Waals surface area contributed by atoms with Crippen molar-refractivity contribution in [1.29, 1.82) is 0 Å². The maximum Gasteiger partial charge on any atom is 0.310 e. The summed E-state index contributed by atoms with van der Waals surface area (Å²) in [5, 5.41) is 9.56. The van der Waals surface area contributed by atoms with E-state index in [2.05, 4.69) is 29.1 Å². The molecular formula is C29H36BrClN2O5S. The third-order valence-corrected chi connectivity index (χ3v) is 11.4. The van der Waals surface area contributed by atoms with E-state index < -0.39 is 22.6 Å². The molecule has 1 aromatic rings. The summed E-state index contributed by atoms with van der Waals surface area (Å²) in [6.07, 6.45) is 7.60. The van der Waals surface area contributed by atoms with Crippen molar-refractivity contribution in [3.63, 3.8) is 0 Å². The number of benzene rings is 1. The predicted octanol–water partition coefficient (Wildman–Crippen LogP) is 5.00. The van der Waals surface area contributed by atoms with Crippen molar-refractivity contribution in [3.8, 4) is 0 Å². The fraction of sp³-hybridized carbons (Fsp3) is 0.552. The molecule has 0 aliphatic carbocycles. The van der Waals surface area contributed by atoms with E-state index in [9.17, 15) is 14.4 Å². The van der Waals surface area contributed by atoms with Gasteiger partial charge in [-0.25, -0.2) is 0 Å². The van der Waals surface area contributed by atoms with Crippen LogP contribution in [0.2, 0.25) is 5.02 Å². The van der Waals surface area contributed by atoms with Gasteiger partial charge in [0.1, 0.15) is 6.04 Å². The lowest BCUT2D eigenvalue weighted by Gasteiger charge is -2.37. The lowest BCUT2D eigenvalue weighted by molar-refractivity contribution is -0.154. The largest absolute Gasteiger partial charge is 0.465 e. The van der Waals surface area contributed by atoms with Crippen LogP contribution in [0.4, 0.5) is 5.69 Å². The van der Waals surface area contributed by atoms with E-state index in [1.54, 1.807) is 58.0 Å². The number of alkyl halides is 1. The smallest absolute Gasteiger partial charge is 0.310 e. The zero-order valence-electron chi connectivity index (χ0n) is 22.0. The molecule has 7 nitrogen and oxygen atoms in total. The number of rotatable bonds is 14. The number of esters is 1. The first-order valence-corrected chi connectivity index (χ1v) is 15.7. The van der Waals surface area contributed by atoms with Gasteiger partial charge in [0.05, 0.1) is 23.2 Å². The highest BCUT2D eigenvalue weighted by molar-refractivity contribution is 9.09. The molecular weight excluding hydrogens is 604 g/mol. The number of halogens is 2. The Balaban J connectivity index is 1.70. The minimum atomic E-state index is -0.744. The first-order valence-electron chi connectivity index (χ1n) is 13.5. The van der Waals surface area contributed by atoms with Gasteiger partial charge in [-0.3, -0.25) is 14.4 Å². The van der Waals surface area contributed by atoms with Crippen molar-refractivity contribution in [3.05, 3.63) is 54.6 Å². The number of likely N-dealkylation sites (tertiary alicyclic amines) is 1. The van der Waals surface area contributed by atoms with Gasteiger partial charge in [-0.15, -0.1) is 24.9 Å². The van der Waals surface area contributed by atoms with Crippen molar-refractivity contribution in [2.75, 3.05) is 31.2 Å². The lowest BCUT2D eigenvalue weighted by Crippen LogP contribution is -2.55. The molecule has 3 fully saturated rings. The zero-order valence-corrected chi connectivity index (χ0v) is 25.1. The van der Waals surface area contributed by atoms with Crippen LogP contribution in [0.5, 0.6) is 0 Å². The number of anilines is 1. The maximum atomic E-state index is 14.5. The number of fused-ring (bicyclic) bond motifs is 1. The summed E-state index contributed by atoms with van der Waals surface area (Å²) in [6.45, 7) is 8.58. The number of unbranched alkanes of at least 4 members (excludes halogenated alkanes) is 3. The molecule has 2 bridgehead atoms. The van der Waals surface area contributed by atoms with Crippen LogP contribution in [-0.4, -0.2) is 75.0 Å². The zero-order chi connectivity index (χ0) is 28.2. The minimum Gasteiger partial charge on any atom is -0.465 e. The Bertz CT molecular complexity index is 1090. The van der Waals surface area contributed by atoms with E-state index in [0.29, 0.717) is 42.9 Å². The second-order valence-corrected chi connectivity index (χ2v) is 13.4. The van der Waals surface area contributed by atoms with Crippen LogP contribution >= 0.6 is 39.3 Å². The Hall–Kier alpha value is -1.81. The number of carbonyl (C=O) groups excluding carboxylic acids is 3. The van der Waals surface area contributed by atoms with Crippen LogP contribution < -0.4 is 4.90 Å². The average Bonchev–Trinajstić information content (AvgIpc) is 3.51. The predicted molar refractivity (Wildman–Crippen MR) is 159 cm³/mol. The van der Waals surface area contributed by atoms with E-state index in [1.807, 2.05) is 0 Å². The molecule has 3 aliphatic heterocycles. The molecule has 0 radical (unpaired) electrons. The van der Waals surface area contributed by atoms with E-state index in [0.717, 1.165) is 12.8 Å². The van der Waals surface area contributed by atoms with Crippen molar-refractivity contribution >= 4 is 62.8 Å². The summed E-state index contributed by atoms with van der Waals surface area (Å²) in [5.74, 6) is -1.96. The third kappa shape index (κ3) is 5.83. The standard InChI is InChI=1S/C29H36BrClN2O5S/c1-3-5-17-38-28(37)22-23-26(35)33(15-8-6-7-9-16-34)25(29(23)18-21(30)24(22)39-29)27(36)32(14-4-2)20-12-10-19(31)11-13-20/h3-4,10-13,21-25,34H,1-2,5-9,14-18H2/t21?,22-,23-,24-,25?,29?/m0/s1. The molecule has 3 unspecified atom stereocenters. The van der Waals surface area contributed by atoms with Crippen LogP contribution in [0.25, 0.3) is 0 Å². The van der Waals surface area contributed by atoms with E-state index in [4.69, 9.17) is 21.4 Å². The maximum absolute atomic E-state index is 14.5. The third-order valence-electron chi connectivity index (χ3n) is 7.88. The van der Waals surface area contributed by atoms with Crippen LogP contribution in [0.15, 0.2) is 49.6 Å². The quantitative estimate of drug-likeness (QED) is 0.134. The topological polar surface area (TPSA) is 87.1 Å². The molecule has 3 saturated heterocycles. The number of hydrogen-bond donors (Lipinski definition) is 1. The molecule has 212 valence electrons. The van der Waals surface area contributed by atoms with Crippen molar-refractivity contribution < 1.29 is 24.2 Å². The Labute approximate surface area is 248 Å². The van der Waals surface area contributed by atoms with Gasteiger partial charge < -0.3 is 19.6 Å². The first kappa shape index (κ1) is 30.2. The fourth-order valence-corrected chi connectivity index (χ4v) is 9.95. The molecule has 3 aliphatic rings. The number of carbonyl (C=O) groups is 3. The van der Waals surface area contributed by atoms with Gasteiger partial charge in [0.15, 0.2) is 0 Å². The van der Waals surface area contributed by atoms with E-state index >= 15 is 0 Å². The van der Waals surface area contributed by atoms with Gasteiger partial charge in [0.2, 0.25) is 5.91 Å². The fourth-order valence-electron chi connectivity index (χ4n) is 6.23. The molecule has 6 atom stereocenters. The first-order chi connectivity index (χ1) is 18.8. The number of thioether (sulfide) groups is 1. The minimum absolute atomic E-state index is 0.0216. The van der Waals surface area contributed by atoms with Gasteiger partial charge in [-0.05, 0) is 49.9 Å². The summed E-state index contributed by atoms with van der Waals surface area (Å²) in [5.41, 5.74) is 0.674. The molecule has 1 aromatic carbocycles. The number of aliphatic hydroxyl groups is 1. The van der Waals surface area contributed by atoms with E-state index in [-0.39, 0.29) is 47.6 Å². The lowest BCUT2D eigenvalue weighted by atomic mass is 9.71. The Morgan fingerprint density at radius 1 is 1.21 bits per heavy atom. The number of amides is 2. The Morgan fingerprint density at radius 3 is 2.59 bits per heavy atom. The van der Waals surface area contributed by atoms with Crippen LogP contribution in [-0.2, 0) is 19.1 Å². The molecule has 0 aromatic heterocycles. The number of hydrogen-bond acceptors (Lipinski definition) is 6. The molecule has 3 heterocycles. The summed E-state index contributed by atoms with van der Waals surface area (Å²) >= 11 is 11.5. The number of aliphatic hydroxyl groups excluding tert-OH is 1. The van der Waals surface area contributed by atoms with Crippen molar-refractivity contribution in [2.24, 2.45) is 11.8 Å². The van der Waals surface area contributed by atoms with Gasteiger partial charge >= 0.3 is 5.97 Å². The average molecular weight is 640 g/mol. The highest BCUT2D eigenvalue weighted by atomic mass is 79.9. The summed E-state index contributed by atoms with van der Waals surface area (Å²) in [6, 6.07) is 6.33. The van der Waals surface area contributed by atoms with Gasteiger partial charge in [-0.2, -0.15) is 0 Å². The van der Waals surface area contributed by atoms with E-state index in [1.165, 1.54) is 0 Å². The summed E-state index contributed by atoms with van der Waals surface area (Å²) < 4.78 is 4.84. The monoisotopic (exact) mass is 638 g/mol.